The van der Waals surface area contributed by atoms with E-state index in [2.05, 4.69) is 12.1 Å². The molecule has 0 saturated heterocycles. The number of aliphatic carboxylic acids is 1. The monoisotopic (exact) mass is 336 g/mol. The van der Waals surface area contributed by atoms with Gasteiger partial charge in [0, 0.05) is 6.42 Å². The maximum atomic E-state index is 11.5. The quantitative estimate of drug-likeness (QED) is 0.625. The molecule has 0 radical (unpaired) electrons. The Hall–Kier alpha value is -1.08. The predicted octanol–water partition coefficient (Wildman–Crippen LogP) is 1.62. The molecule has 7 heteroatoms. The summed E-state index contributed by atoms with van der Waals surface area (Å²) in [6.45, 7) is 2.11. The summed E-state index contributed by atoms with van der Waals surface area (Å²) >= 11 is 0. The lowest BCUT2D eigenvalue weighted by Crippen LogP contribution is -2.32. The molecule has 19 heavy (non-hydrogen) atoms. The Morgan fingerprint density at radius 1 is 1.42 bits per heavy atom. The number of unbranched alkanes of at least 4 members (excludes halogenated alkanes) is 3. The van der Waals surface area contributed by atoms with Gasteiger partial charge in [0.05, 0.1) is 5.56 Å². The smallest absolute Gasteiger partial charge is 0.320 e. The van der Waals surface area contributed by atoms with Gasteiger partial charge in [0.25, 0.3) is 5.56 Å². The second-order valence-electron chi connectivity index (χ2n) is 4.39. The molecule has 1 aromatic heterocycles. The van der Waals surface area contributed by atoms with Crippen molar-refractivity contribution in [3.8, 4) is 0 Å². The Kier molecular flexibility index (Phi) is 8.42. The standard InChI is InChI=1S/C12H20N2O4.BrH/c1-2-3-4-5-6-8-10(18-14-11(8)15)7-9(13)12(16)17;/h9H,2-7,13H2,1H3,(H,14,15)(H,16,17);1H. The van der Waals surface area contributed by atoms with Crippen LogP contribution in [0.2, 0.25) is 0 Å². The van der Waals surface area contributed by atoms with Crippen LogP contribution in [0.25, 0.3) is 0 Å². The van der Waals surface area contributed by atoms with Gasteiger partial charge in [-0.15, -0.1) is 17.0 Å². The Balaban J connectivity index is 0.00000324. The maximum Gasteiger partial charge on any atom is 0.320 e. The minimum atomic E-state index is -1.10. The van der Waals surface area contributed by atoms with E-state index in [0.717, 1.165) is 25.7 Å². The van der Waals surface area contributed by atoms with E-state index in [9.17, 15) is 9.59 Å². The largest absolute Gasteiger partial charge is 0.480 e. The number of halogens is 1. The molecule has 0 aliphatic carbocycles. The fraction of sp³-hybridized carbons (Fsp3) is 0.667. The molecule has 1 aromatic rings. The molecule has 0 aliphatic heterocycles. The highest BCUT2D eigenvalue weighted by molar-refractivity contribution is 8.93. The molecule has 0 aromatic carbocycles. The summed E-state index contributed by atoms with van der Waals surface area (Å²) in [4.78, 5) is 22.2. The third-order valence-electron chi connectivity index (χ3n) is 2.88. The second-order valence-corrected chi connectivity index (χ2v) is 4.39. The molecule has 110 valence electrons. The highest BCUT2D eigenvalue weighted by atomic mass is 79.9. The molecule has 0 amide bonds. The highest BCUT2D eigenvalue weighted by Crippen LogP contribution is 2.11. The van der Waals surface area contributed by atoms with Crippen molar-refractivity contribution in [3.05, 3.63) is 21.7 Å². The van der Waals surface area contributed by atoms with Crippen molar-refractivity contribution in [3.63, 3.8) is 0 Å². The zero-order chi connectivity index (χ0) is 13.5. The van der Waals surface area contributed by atoms with Crippen molar-refractivity contribution >= 4 is 23.0 Å². The number of H-pyrrole nitrogens is 1. The van der Waals surface area contributed by atoms with Crippen molar-refractivity contribution in [2.75, 3.05) is 0 Å². The van der Waals surface area contributed by atoms with Crippen molar-refractivity contribution in [2.24, 2.45) is 5.73 Å². The number of hydrogen-bond donors (Lipinski definition) is 3. The summed E-state index contributed by atoms with van der Waals surface area (Å²) in [7, 11) is 0. The first kappa shape index (κ1) is 17.9. The van der Waals surface area contributed by atoms with Crippen LogP contribution in [-0.2, 0) is 17.6 Å². The molecule has 1 atom stereocenters. The average molecular weight is 337 g/mol. The van der Waals surface area contributed by atoms with E-state index >= 15 is 0 Å². The van der Waals surface area contributed by atoms with Crippen molar-refractivity contribution in [1.29, 1.82) is 0 Å². The highest BCUT2D eigenvalue weighted by Gasteiger charge is 2.19. The maximum absolute atomic E-state index is 11.5. The van der Waals surface area contributed by atoms with E-state index in [4.69, 9.17) is 15.4 Å². The number of carboxylic acid groups (broad SMARTS) is 1. The van der Waals surface area contributed by atoms with Crippen LogP contribution in [0.15, 0.2) is 9.32 Å². The molecular weight excluding hydrogens is 316 g/mol. The minimum Gasteiger partial charge on any atom is -0.480 e. The minimum absolute atomic E-state index is 0. The number of carbonyl (C=O) groups is 1. The van der Waals surface area contributed by atoms with Crippen LogP contribution in [0, 0.1) is 0 Å². The molecule has 0 bridgehead atoms. The van der Waals surface area contributed by atoms with Gasteiger partial charge in [0.2, 0.25) is 0 Å². The van der Waals surface area contributed by atoms with Gasteiger partial charge < -0.3 is 15.4 Å². The van der Waals surface area contributed by atoms with Crippen LogP contribution < -0.4 is 11.3 Å². The Bertz CT molecular complexity index is 441. The Morgan fingerprint density at radius 2 is 2.11 bits per heavy atom. The fourth-order valence-corrected chi connectivity index (χ4v) is 1.79. The first-order chi connectivity index (χ1) is 8.56. The number of aromatic amines is 1. The number of rotatable bonds is 8. The average Bonchev–Trinajstić information content (AvgIpc) is 2.66. The molecule has 0 aliphatic rings. The van der Waals surface area contributed by atoms with Crippen molar-refractivity contribution in [2.45, 2.75) is 51.5 Å². The summed E-state index contributed by atoms with van der Waals surface area (Å²) < 4.78 is 4.99. The lowest BCUT2D eigenvalue weighted by atomic mass is 10.0. The van der Waals surface area contributed by atoms with Crippen LogP contribution in [0.4, 0.5) is 0 Å². The number of nitrogens with one attached hydrogen (secondary N) is 1. The summed E-state index contributed by atoms with van der Waals surface area (Å²) in [6.07, 6.45) is 4.83. The normalized spacial score (nSPS) is 11.9. The fourth-order valence-electron chi connectivity index (χ4n) is 1.79. The molecule has 0 saturated carbocycles. The van der Waals surface area contributed by atoms with Gasteiger partial charge in [-0.25, -0.2) is 0 Å². The molecule has 6 nitrogen and oxygen atoms in total. The molecule has 0 fully saturated rings. The summed E-state index contributed by atoms with van der Waals surface area (Å²) in [5.41, 5.74) is 5.68. The van der Waals surface area contributed by atoms with Crippen LogP contribution >= 0.6 is 17.0 Å². The van der Waals surface area contributed by atoms with E-state index in [1.807, 2.05) is 0 Å². The zero-order valence-corrected chi connectivity index (χ0v) is 12.7. The van der Waals surface area contributed by atoms with Crippen LogP contribution in [0.3, 0.4) is 0 Å². The lowest BCUT2D eigenvalue weighted by molar-refractivity contribution is -0.138. The molecule has 1 heterocycles. The summed E-state index contributed by atoms with van der Waals surface area (Å²) in [5.74, 6) is -0.734. The molecule has 1 rings (SSSR count). The van der Waals surface area contributed by atoms with Gasteiger partial charge in [0.1, 0.15) is 11.8 Å². The summed E-state index contributed by atoms with van der Waals surface area (Å²) in [6, 6.07) is -1.04. The predicted molar refractivity (Wildman–Crippen MR) is 76.8 cm³/mol. The number of nitrogens with two attached hydrogens (primary N) is 1. The van der Waals surface area contributed by atoms with Crippen molar-refractivity contribution in [1.82, 2.24) is 5.16 Å². The van der Waals surface area contributed by atoms with Gasteiger partial charge in [-0.05, 0) is 12.8 Å². The molecule has 0 spiro atoms. The molecule has 4 N–H and O–H groups in total. The van der Waals surface area contributed by atoms with Gasteiger partial charge in [-0.3, -0.25) is 9.59 Å². The number of aromatic nitrogens is 1. The van der Waals surface area contributed by atoms with E-state index in [1.54, 1.807) is 0 Å². The first-order valence-electron chi connectivity index (χ1n) is 6.23. The SMILES string of the molecule is Br.CCCCCCc1c(CC(N)C(=O)O)o[nH]c1=O. The Morgan fingerprint density at radius 3 is 2.68 bits per heavy atom. The third-order valence-corrected chi connectivity index (χ3v) is 2.88. The van der Waals surface area contributed by atoms with Crippen molar-refractivity contribution < 1.29 is 14.4 Å². The number of carboxylic acids is 1. The summed E-state index contributed by atoms with van der Waals surface area (Å²) in [5, 5.41) is 11.0. The van der Waals surface area contributed by atoms with E-state index in [1.165, 1.54) is 0 Å². The van der Waals surface area contributed by atoms with Gasteiger partial charge >= 0.3 is 5.97 Å². The number of hydrogen-bond acceptors (Lipinski definition) is 4. The van der Waals surface area contributed by atoms with Crippen LogP contribution in [-0.4, -0.2) is 22.3 Å². The molecular formula is C12H21BrN2O4. The first-order valence-corrected chi connectivity index (χ1v) is 6.23. The van der Waals surface area contributed by atoms with Gasteiger partial charge in [-0.1, -0.05) is 26.2 Å². The van der Waals surface area contributed by atoms with Crippen LogP contribution in [0.1, 0.15) is 43.9 Å². The van der Waals surface area contributed by atoms with E-state index < -0.39 is 12.0 Å². The van der Waals surface area contributed by atoms with E-state index in [-0.39, 0.29) is 29.0 Å². The van der Waals surface area contributed by atoms with Crippen LogP contribution in [0.5, 0.6) is 0 Å². The third kappa shape index (κ3) is 5.61. The zero-order valence-electron chi connectivity index (χ0n) is 11.0. The lowest BCUT2D eigenvalue weighted by Gasteiger charge is -2.04. The second kappa shape index (κ2) is 8.92. The Labute approximate surface area is 122 Å². The van der Waals surface area contributed by atoms with E-state index in [0.29, 0.717) is 17.7 Å². The molecule has 1 unspecified atom stereocenters. The van der Waals surface area contributed by atoms with Gasteiger partial charge in [-0.2, -0.15) is 5.16 Å². The van der Waals surface area contributed by atoms with Gasteiger partial charge in [0.15, 0.2) is 0 Å². The topological polar surface area (TPSA) is 109 Å².